The highest BCUT2D eigenvalue weighted by Gasteiger charge is 2.13. The second-order valence-corrected chi connectivity index (χ2v) is 6.23. The first-order valence-corrected chi connectivity index (χ1v) is 8.63. The number of nitrogens with zero attached hydrogens (tertiary/aromatic N) is 3. The van der Waals surface area contributed by atoms with Gasteiger partial charge in [-0.2, -0.15) is 5.26 Å². The van der Waals surface area contributed by atoms with Gasteiger partial charge in [-0.25, -0.2) is 4.98 Å². The molecule has 0 unspecified atom stereocenters. The number of nitriles is 1. The van der Waals surface area contributed by atoms with E-state index in [2.05, 4.69) is 10.3 Å². The van der Waals surface area contributed by atoms with Crippen molar-refractivity contribution >= 4 is 34.1 Å². The van der Waals surface area contributed by atoms with E-state index < -0.39 is 10.8 Å². The third kappa shape index (κ3) is 4.42. The summed E-state index contributed by atoms with van der Waals surface area (Å²) in [5.74, 6) is -0.593. The lowest BCUT2D eigenvalue weighted by Crippen LogP contribution is -2.13. The minimum absolute atomic E-state index is 0.0636. The summed E-state index contributed by atoms with van der Waals surface area (Å²) < 4.78 is 0. The number of anilines is 1. The molecular weight excluding hydrogens is 364 g/mol. The smallest absolute Gasteiger partial charge is 0.269 e. The van der Waals surface area contributed by atoms with E-state index in [1.165, 1.54) is 41.7 Å². The lowest BCUT2D eigenvalue weighted by Gasteiger charge is -2.00. The molecule has 1 aromatic heterocycles. The number of rotatable bonds is 5. The summed E-state index contributed by atoms with van der Waals surface area (Å²) >= 11 is 1.26. The summed E-state index contributed by atoms with van der Waals surface area (Å²) in [5, 5.41) is 24.7. The molecule has 0 aliphatic heterocycles. The average Bonchev–Trinajstić information content (AvgIpc) is 3.15. The number of amides is 1. The molecular formula is C19H12N4O3S. The van der Waals surface area contributed by atoms with Crippen molar-refractivity contribution in [2.45, 2.75) is 0 Å². The number of hydrogen-bond acceptors (Lipinski definition) is 6. The van der Waals surface area contributed by atoms with Crippen LogP contribution in [0.3, 0.4) is 0 Å². The third-order valence-electron chi connectivity index (χ3n) is 3.57. The van der Waals surface area contributed by atoms with Crippen molar-refractivity contribution in [1.29, 1.82) is 5.26 Å². The van der Waals surface area contributed by atoms with Crippen LogP contribution < -0.4 is 5.32 Å². The number of nitro benzene ring substituents is 1. The number of nitrogens with one attached hydrogen (secondary N) is 1. The standard InChI is InChI=1S/C19H12N4O3S/c20-11-15(10-13-6-8-16(9-7-13)23(25)26)18(24)22-19-21-17(12-27-19)14-4-2-1-3-5-14/h1-10,12H,(H,21,22,24)/b15-10+. The van der Waals surface area contributed by atoms with Crippen LogP contribution in [0.2, 0.25) is 0 Å². The van der Waals surface area contributed by atoms with Gasteiger partial charge in [-0.05, 0) is 23.8 Å². The van der Waals surface area contributed by atoms with Crippen LogP contribution in [0, 0.1) is 21.4 Å². The van der Waals surface area contributed by atoms with E-state index >= 15 is 0 Å². The second-order valence-electron chi connectivity index (χ2n) is 5.38. The molecule has 0 fully saturated rings. The minimum Gasteiger partial charge on any atom is -0.297 e. The predicted molar refractivity (Wildman–Crippen MR) is 103 cm³/mol. The molecule has 1 heterocycles. The number of carbonyl (C=O) groups excluding carboxylic acids is 1. The molecule has 0 saturated heterocycles. The van der Waals surface area contributed by atoms with Crippen molar-refractivity contribution < 1.29 is 9.72 Å². The molecule has 1 N–H and O–H groups in total. The van der Waals surface area contributed by atoms with E-state index in [9.17, 15) is 20.2 Å². The Balaban J connectivity index is 1.75. The lowest BCUT2D eigenvalue weighted by molar-refractivity contribution is -0.384. The van der Waals surface area contributed by atoms with Gasteiger partial charge in [-0.15, -0.1) is 11.3 Å². The van der Waals surface area contributed by atoms with Gasteiger partial charge in [0, 0.05) is 23.1 Å². The van der Waals surface area contributed by atoms with Gasteiger partial charge >= 0.3 is 0 Å². The number of hydrogen-bond donors (Lipinski definition) is 1. The molecule has 2 aromatic carbocycles. The third-order valence-corrected chi connectivity index (χ3v) is 4.33. The van der Waals surface area contributed by atoms with Crippen LogP contribution in [-0.2, 0) is 4.79 Å². The number of carbonyl (C=O) groups is 1. The van der Waals surface area contributed by atoms with Gasteiger partial charge in [-0.1, -0.05) is 30.3 Å². The molecule has 3 rings (SSSR count). The summed E-state index contributed by atoms with van der Waals surface area (Å²) in [6.07, 6.45) is 1.37. The molecule has 7 nitrogen and oxygen atoms in total. The van der Waals surface area contributed by atoms with E-state index in [0.29, 0.717) is 10.7 Å². The van der Waals surface area contributed by atoms with Crippen molar-refractivity contribution in [2.24, 2.45) is 0 Å². The fourth-order valence-electron chi connectivity index (χ4n) is 2.24. The average molecular weight is 376 g/mol. The topological polar surface area (TPSA) is 109 Å². The van der Waals surface area contributed by atoms with Gasteiger partial charge in [0.05, 0.1) is 10.6 Å². The Morgan fingerprint density at radius 1 is 1.19 bits per heavy atom. The fourth-order valence-corrected chi connectivity index (χ4v) is 2.96. The van der Waals surface area contributed by atoms with Crippen LogP contribution in [0.1, 0.15) is 5.56 Å². The monoisotopic (exact) mass is 376 g/mol. The zero-order chi connectivity index (χ0) is 19.2. The van der Waals surface area contributed by atoms with Crippen molar-refractivity contribution in [2.75, 3.05) is 5.32 Å². The van der Waals surface area contributed by atoms with Crippen LogP contribution >= 0.6 is 11.3 Å². The maximum atomic E-state index is 12.3. The largest absolute Gasteiger partial charge is 0.297 e. The lowest BCUT2D eigenvalue weighted by atomic mass is 10.1. The van der Waals surface area contributed by atoms with E-state index in [-0.39, 0.29) is 11.3 Å². The maximum absolute atomic E-state index is 12.3. The van der Waals surface area contributed by atoms with E-state index in [1.54, 1.807) is 0 Å². The molecule has 0 saturated carbocycles. The van der Waals surface area contributed by atoms with E-state index in [4.69, 9.17) is 0 Å². The Morgan fingerprint density at radius 3 is 2.52 bits per heavy atom. The van der Waals surface area contributed by atoms with Crippen LogP contribution in [-0.4, -0.2) is 15.8 Å². The van der Waals surface area contributed by atoms with Crippen molar-refractivity contribution in [1.82, 2.24) is 4.98 Å². The highest BCUT2D eigenvalue weighted by atomic mass is 32.1. The number of aromatic nitrogens is 1. The predicted octanol–water partition coefficient (Wildman–Crippen LogP) is 4.26. The normalized spacial score (nSPS) is 10.9. The van der Waals surface area contributed by atoms with Crippen LogP contribution in [0.5, 0.6) is 0 Å². The fraction of sp³-hybridized carbons (Fsp3) is 0. The van der Waals surface area contributed by atoms with Gasteiger partial charge in [0.1, 0.15) is 11.6 Å². The van der Waals surface area contributed by atoms with Gasteiger partial charge in [-0.3, -0.25) is 20.2 Å². The summed E-state index contributed by atoms with van der Waals surface area (Å²) in [5.41, 5.74) is 1.98. The molecule has 0 atom stereocenters. The molecule has 8 heteroatoms. The second kappa shape index (κ2) is 8.03. The highest BCUT2D eigenvalue weighted by Crippen LogP contribution is 2.25. The summed E-state index contributed by atoms with van der Waals surface area (Å²) in [4.78, 5) is 26.8. The van der Waals surface area contributed by atoms with Gasteiger partial charge in [0.15, 0.2) is 5.13 Å². The SMILES string of the molecule is N#C/C(=C\c1ccc([N+](=O)[O-])cc1)C(=O)Nc1nc(-c2ccccc2)cs1. The zero-order valence-corrected chi connectivity index (χ0v) is 14.6. The number of benzene rings is 2. The number of non-ortho nitro benzene ring substituents is 1. The van der Waals surface area contributed by atoms with E-state index in [0.717, 1.165) is 11.3 Å². The Bertz CT molecular complexity index is 1050. The minimum atomic E-state index is -0.593. The molecule has 0 aliphatic rings. The number of thiazole rings is 1. The zero-order valence-electron chi connectivity index (χ0n) is 13.8. The molecule has 0 aliphatic carbocycles. The number of nitro groups is 1. The van der Waals surface area contributed by atoms with Gasteiger partial charge < -0.3 is 0 Å². The molecule has 1 amide bonds. The molecule has 3 aromatic rings. The quantitative estimate of drug-likeness (QED) is 0.310. The van der Waals surface area contributed by atoms with Crippen molar-refractivity contribution in [3.05, 3.63) is 81.2 Å². The summed E-state index contributed by atoms with van der Waals surface area (Å²) in [6.45, 7) is 0. The highest BCUT2D eigenvalue weighted by molar-refractivity contribution is 7.14. The maximum Gasteiger partial charge on any atom is 0.269 e. The van der Waals surface area contributed by atoms with Crippen molar-refractivity contribution in [3.8, 4) is 17.3 Å². The Hall–Kier alpha value is -3.83. The van der Waals surface area contributed by atoms with Crippen LogP contribution in [0.4, 0.5) is 10.8 Å². The Labute approximate surface area is 158 Å². The Morgan fingerprint density at radius 2 is 1.89 bits per heavy atom. The van der Waals surface area contributed by atoms with Gasteiger partial charge in [0.25, 0.3) is 11.6 Å². The first-order chi connectivity index (χ1) is 13.1. The first kappa shape index (κ1) is 18.0. The molecule has 0 spiro atoms. The summed E-state index contributed by atoms with van der Waals surface area (Å²) in [6, 6.07) is 16.9. The summed E-state index contributed by atoms with van der Waals surface area (Å²) in [7, 11) is 0. The van der Waals surface area contributed by atoms with E-state index in [1.807, 2.05) is 41.8 Å². The molecule has 27 heavy (non-hydrogen) atoms. The van der Waals surface area contributed by atoms with Crippen LogP contribution in [0.15, 0.2) is 65.6 Å². The van der Waals surface area contributed by atoms with Gasteiger partial charge in [0.2, 0.25) is 0 Å². The Kier molecular flexibility index (Phi) is 5.35. The molecule has 132 valence electrons. The molecule has 0 bridgehead atoms. The molecule has 0 radical (unpaired) electrons. The van der Waals surface area contributed by atoms with Crippen molar-refractivity contribution in [3.63, 3.8) is 0 Å². The van der Waals surface area contributed by atoms with Crippen LogP contribution in [0.25, 0.3) is 17.3 Å². The first-order valence-electron chi connectivity index (χ1n) is 7.75.